The van der Waals surface area contributed by atoms with Crippen molar-refractivity contribution in [2.24, 2.45) is 0 Å². The monoisotopic (exact) mass is 511 g/mol. The molecule has 0 saturated heterocycles. The van der Waals surface area contributed by atoms with Crippen molar-refractivity contribution in [3.05, 3.63) is 99.1 Å². The summed E-state index contributed by atoms with van der Waals surface area (Å²) in [7, 11) is -3.05. The summed E-state index contributed by atoms with van der Waals surface area (Å²) >= 11 is 0. The first kappa shape index (κ1) is 26.3. The van der Waals surface area contributed by atoms with Crippen LogP contribution in [0, 0.1) is 20.8 Å². The lowest BCUT2D eigenvalue weighted by atomic mass is 9.92. The van der Waals surface area contributed by atoms with Gasteiger partial charge in [-0.25, -0.2) is 4.79 Å². The van der Waals surface area contributed by atoms with Gasteiger partial charge >= 0.3 is 25.7 Å². The average Bonchev–Trinajstić information content (AvgIpc) is 2.75. The average molecular weight is 511 g/mol. The van der Waals surface area contributed by atoms with Gasteiger partial charge in [0.2, 0.25) is 5.30 Å². The molecule has 35 heavy (non-hydrogen) atoms. The minimum Gasteiger partial charge on any atom is -0.288 e. The fraction of sp³-hybridized carbons (Fsp3) is 0.200. The van der Waals surface area contributed by atoms with Crippen LogP contribution in [-0.2, 0) is 16.9 Å². The molecule has 0 saturated carbocycles. The maximum atomic E-state index is 13.6. The number of ketones is 1. The van der Waals surface area contributed by atoms with Crippen molar-refractivity contribution in [2.45, 2.75) is 33.1 Å². The molecule has 0 N–H and O–H groups in total. The quantitative estimate of drug-likeness (QED) is 0.207. The normalized spacial score (nSPS) is 12.4. The van der Waals surface area contributed by atoms with Gasteiger partial charge in [-0.15, -0.1) is 0 Å². The predicted octanol–water partition coefficient (Wildman–Crippen LogP) is 7.17. The van der Waals surface area contributed by atoms with E-state index in [4.69, 9.17) is 0 Å². The second-order valence-corrected chi connectivity index (χ2v) is 9.42. The van der Waals surface area contributed by atoms with Crippen LogP contribution < -0.4 is 5.30 Å². The molecular weight excluding hydrogens is 493 g/mol. The fourth-order valence-electron chi connectivity index (χ4n) is 3.98. The Hall–Kier alpha value is -3.32. The summed E-state index contributed by atoms with van der Waals surface area (Å²) in [5.41, 5.74) is -4.77. The van der Waals surface area contributed by atoms with E-state index in [1.165, 1.54) is 12.1 Å². The Balaban J connectivity index is 2.21. The second-order valence-electron chi connectivity index (χ2n) is 7.94. The lowest BCUT2D eigenvalue weighted by Crippen LogP contribution is -2.23. The van der Waals surface area contributed by atoms with Gasteiger partial charge in [-0.2, -0.15) is 26.3 Å². The van der Waals surface area contributed by atoms with Crippen molar-refractivity contribution in [3.63, 3.8) is 0 Å². The number of halogens is 6. The van der Waals surface area contributed by atoms with Gasteiger partial charge in [0.05, 0.1) is 22.3 Å². The highest BCUT2D eigenvalue weighted by atomic mass is 31.1. The summed E-state index contributed by atoms with van der Waals surface area (Å²) in [5, 5.41) is -0.443. The van der Waals surface area contributed by atoms with Crippen molar-refractivity contribution in [1.29, 1.82) is 0 Å². The molecule has 0 bridgehead atoms. The number of carbonyl (C=O) groups is 2. The van der Waals surface area contributed by atoms with Crippen molar-refractivity contribution in [3.8, 4) is 0 Å². The number of hydrogen-bond acceptors (Lipinski definition) is 3. The van der Waals surface area contributed by atoms with Gasteiger partial charge in [0.1, 0.15) is 0 Å². The molecular formula is C25H18F6O3P+. The Labute approximate surface area is 197 Å². The minimum atomic E-state index is -5.27. The first-order valence-corrected chi connectivity index (χ1v) is 11.4. The Morgan fingerprint density at radius 3 is 1.69 bits per heavy atom. The van der Waals surface area contributed by atoms with Crippen LogP contribution in [0.3, 0.4) is 0 Å². The van der Waals surface area contributed by atoms with Crippen LogP contribution >= 0.6 is 7.80 Å². The Morgan fingerprint density at radius 2 is 1.20 bits per heavy atom. The molecule has 0 aromatic heterocycles. The molecule has 0 radical (unpaired) electrons. The van der Waals surface area contributed by atoms with Gasteiger partial charge in [-0.3, -0.25) is 4.79 Å². The van der Waals surface area contributed by atoms with Crippen molar-refractivity contribution >= 4 is 24.4 Å². The van der Waals surface area contributed by atoms with Gasteiger partial charge in [-0.05, 0) is 56.2 Å². The highest BCUT2D eigenvalue weighted by Crippen LogP contribution is 2.41. The molecule has 0 fully saturated rings. The van der Waals surface area contributed by atoms with Crippen LogP contribution in [0.1, 0.15) is 54.1 Å². The van der Waals surface area contributed by atoms with Crippen molar-refractivity contribution < 1.29 is 40.5 Å². The lowest BCUT2D eigenvalue weighted by Gasteiger charge is -2.17. The molecule has 0 spiro atoms. The molecule has 3 rings (SSSR count). The van der Waals surface area contributed by atoms with Gasteiger partial charge in [-0.1, -0.05) is 40.5 Å². The van der Waals surface area contributed by atoms with E-state index in [1.807, 2.05) is 0 Å². The van der Waals surface area contributed by atoms with E-state index in [-0.39, 0.29) is 5.56 Å². The number of benzene rings is 3. The minimum absolute atomic E-state index is 0.116. The molecule has 3 nitrogen and oxygen atoms in total. The molecule has 0 aliphatic rings. The summed E-state index contributed by atoms with van der Waals surface area (Å²) in [6.45, 7) is 5.02. The van der Waals surface area contributed by atoms with Crippen LogP contribution in [0.5, 0.6) is 0 Å². The summed E-state index contributed by atoms with van der Waals surface area (Å²) in [6.07, 6.45) is -10.5. The number of rotatable bonds is 5. The van der Waals surface area contributed by atoms with E-state index in [0.717, 1.165) is 17.7 Å². The van der Waals surface area contributed by atoms with E-state index >= 15 is 0 Å². The van der Waals surface area contributed by atoms with Crippen LogP contribution in [0.4, 0.5) is 26.3 Å². The van der Waals surface area contributed by atoms with Crippen LogP contribution in [-0.4, -0.2) is 11.3 Å². The first-order chi connectivity index (χ1) is 16.1. The zero-order chi connectivity index (χ0) is 26.3. The van der Waals surface area contributed by atoms with Gasteiger partial charge in [0.15, 0.2) is 5.78 Å². The molecule has 0 aliphatic carbocycles. The number of alkyl halides is 6. The third kappa shape index (κ3) is 5.20. The number of aryl methyl sites for hydroxylation is 3. The molecule has 10 heteroatoms. The zero-order valence-corrected chi connectivity index (χ0v) is 19.5. The molecule has 182 valence electrons. The Morgan fingerprint density at radius 1 is 0.714 bits per heavy atom. The van der Waals surface area contributed by atoms with Gasteiger partial charge in [0, 0.05) is 5.56 Å². The summed E-state index contributed by atoms with van der Waals surface area (Å²) in [6, 6.07) is 9.20. The smallest absolute Gasteiger partial charge is 0.288 e. The lowest BCUT2D eigenvalue weighted by molar-refractivity contribution is -0.143. The van der Waals surface area contributed by atoms with E-state index in [0.29, 0.717) is 29.3 Å². The highest BCUT2D eigenvalue weighted by molar-refractivity contribution is 7.71. The summed E-state index contributed by atoms with van der Waals surface area (Å²) in [5.74, 6) is -1.63. The molecule has 0 aliphatic heterocycles. The van der Waals surface area contributed by atoms with E-state index < -0.39 is 59.0 Å². The molecule has 3 aromatic rings. The van der Waals surface area contributed by atoms with E-state index in [9.17, 15) is 40.5 Å². The summed E-state index contributed by atoms with van der Waals surface area (Å²) < 4.78 is 94.8. The SMILES string of the molecule is Cc1cc(C)c(C(=O)[P+](=O)c2ccccc2C(=O)c2c(C(F)(F)F)cccc2C(F)(F)F)c(C)c1. The Kier molecular flexibility index (Phi) is 7.04. The number of hydrogen-bond donors (Lipinski definition) is 0. The zero-order valence-electron chi connectivity index (χ0n) is 18.6. The van der Waals surface area contributed by atoms with Gasteiger partial charge < -0.3 is 0 Å². The first-order valence-electron chi connectivity index (χ1n) is 10.1. The maximum Gasteiger partial charge on any atom is 0.459 e. The topological polar surface area (TPSA) is 51.2 Å². The van der Waals surface area contributed by atoms with E-state index in [2.05, 4.69) is 0 Å². The molecule has 0 heterocycles. The Bertz CT molecular complexity index is 1300. The highest BCUT2D eigenvalue weighted by Gasteiger charge is 2.45. The maximum absolute atomic E-state index is 13.6. The molecule has 0 amide bonds. The van der Waals surface area contributed by atoms with Crippen LogP contribution in [0.25, 0.3) is 0 Å². The molecule has 3 aromatic carbocycles. The third-order valence-electron chi connectivity index (χ3n) is 5.35. The molecule has 1 unspecified atom stereocenters. The van der Waals surface area contributed by atoms with Crippen LogP contribution in [0.2, 0.25) is 0 Å². The van der Waals surface area contributed by atoms with E-state index in [1.54, 1.807) is 32.9 Å². The largest absolute Gasteiger partial charge is 0.459 e. The van der Waals surface area contributed by atoms with Crippen LogP contribution in [0.15, 0.2) is 54.6 Å². The summed E-state index contributed by atoms with van der Waals surface area (Å²) in [4.78, 5) is 26.3. The van der Waals surface area contributed by atoms with Gasteiger partial charge in [0.25, 0.3) is 0 Å². The van der Waals surface area contributed by atoms with Crippen molar-refractivity contribution in [2.75, 3.05) is 0 Å². The standard InChI is InChI=1S/C25H18F6O3P/c1-13-11-14(2)20(15(3)12-13)23(33)35(34)19-10-5-4-7-16(19)22(32)21-17(24(26,27)28)8-6-9-18(21)25(29,30)31/h4-12H,1-3H3/q+1. The fourth-order valence-corrected chi connectivity index (χ4v) is 5.37. The predicted molar refractivity (Wildman–Crippen MR) is 119 cm³/mol. The van der Waals surface area contributed by atoms with Crippen molar-refractivity contribution in [1.82, 2.24) is 0 Å². The number of carbonyl (C=O) groups excluding carboxylic acids is 2. The third-order valence-corrected chi connectivity index (χ3v) is 6.77. The second kappa shape index (κ2) is 9.38. The molecule has 1 atom stereocenters.